The molecule has 4 fully saturated rings. The number of allylic oxidation sites excluding steroid dienone is 1. The molecule has 3 saturated carbocycles. The van der Waals surface area contributed by atoms with E-state index in [1.165, 1.54) is 5.57 Å². The van der Waals surface area contributed by atoms with Crippen molar-refractivity contribution in [1.82, 2.24) is 19.7 Å². The van der Waals surface area contributed by atoms with Gasteiger partial charge in [0, 0.05) is 21.7 Å². The molecule has 7 rings (SSSR count). The highest BCUT2D eigenvalue weighted by Gasteiger charge is 2.72. The first-order valence-corrected chi connectivity index (χ1v) is 20.5. The molecule has 10 heteroatoms. The second kappa shape index (κ2) is 12.5. The summed E-state index contributed by atoms with van der Waals surface area (Å²) in [6, 6.07) is -0.105. The van der Waals surface area contributed by atoms with Crippen LogP contribution in [0.3, 0.4) is 0 Å². The summed E-state index contributed by atoms with van der Waals surface area (Å²) in [4.78, 5) is 22.9. The van der Waals surface area contributed by atoms with Gasteiger partial charge in [-0.05, 0) is 91.3 Å². The molecule has 3 N–H and O–H groups in total. The zero-order valence-electron chi connectivity index (χ0n) is 32.7. The van der Waals surface area contributed by atoms with E-state index in [-0.39, 0.29) is 45.1 Å². The lowest BCUT2D eigenvalue weighted by atomic mass is 9.34. The molecule has 1 saturated heterocycles. The standard InChI is InChI=1S/C41H63N5O4S/c1-24(2)26(5)36(6)15-16-38(8)27-11-12-31-37(7)19-49-21-41(31,28(27)13-14-39(38,9)32(36)35(47)48)17-30(33(37)50-20-40(10,42)25(3)4)46-34(43-22-45-46)29-18-51-23-44-29/h13,18,22-27,30-33H,11-12,14-17,19-21,42H2,1-10H3,(H,47,48)/t26-,27+,30-,31+,32-,33+,36-,37-,38-,39+,40+,41+/m1/s1. The van der Waals surface area contributed by atoms with Crippen LogP contribution in [0.25, 0.3) is 11.5 Å². The maximum Gasteiger partial charge on any atom is 0.307 e. The maximum atomic E-state index is 13.5. The predicted octanol–water partition coefficient (Wildman–Crippen LogP) is 8.29. The predicted molar refractivity (Wildman–Crippen MR) is 201 cm³/mol. The number of nitrogens with two attached hydrogens (primary N) is 1. The lowest BCUT2D eigenvalue weighted by molar-refractivity contribution is -0.252. The molecule has 2 aromatic rings. The third-order valence-corrected chi connectivity index (χ3v) is 17.1. The largest absolute Gasteiger partial charge is 0.481 e. The molecule has 2 bridgehead atoms. The van der Waals surface area contributed by atoms with Crippen molar-refractivity contribution >= 4 is 17.3 Å². The molecule has 282 valence electrons. The summed E-state index contributed by atoms with van der Waals surface area (Å²) < 4.78 is 16.0. The maximum absolute atomic E-state index is 13.5. The van der Waals surface area contributed by atoms with Gasteiger partial charge in [-0.15, -0.1) is 11.3 Å². The topological polar surface area (TPSA) is 125 Å². The molecular formula is C41H63N5O4S. The first kappa shape index (κ1) is 37.2. The zero-order valence-corrected chi connectivity index (χ0v) is 33.6. The van der Waals surface area contributed by atoms with Gasteiger partial charge in [0.1, 0.15) is 12.0 Å². The monoisotopic (exact) mass is 721 g/mol. The van der Waals surface area contributed by atoms with Crippen LogP contribution in [0.15, 0.2) is 28.9 Å². The zero-order chi connectivity index (χ0) is 36.9. The minimum atomic E-state index is -0.623. The van der Waals surface area contributed by atoms with Crippen LogP contribution in [0, 0.1) is 62.6 Å². The summed E-state index contributed by atoms with van der Waals surface area (Å²) in [7, 11) is 0. The van der Waals surface area contributed by atoms with Crippen molar-refractivity contribution in [2.75, 3.05) is 19.8 Å². The molecule has 9 nitrogen and oxygen atoms in total. The van der Waals surface area contributed by atoms with E-state index < -0.39 is 17.4 Å². The number of carboxylic acids is 1. The van der Waals surface area contributed by atoms with Crippen LogP contribution < -0.4 is 5.73 Å². The van der Waals surface area contributed by atoms with Crippen molar-refractivity contribution in [3.05, 3.63) is 28.9 Å². The Labute approximate surface area is 309 Å². The fourth-order valence-corrected chi connectivity index (χ4v) is 13.1. The lowest BCUT2D eigenvalue weighted by Gasteiger charge is -2.71. The number of nitrogens with zero attached hydrogens (tertiary/aromatic N) is 4. The van der Waals surface area contributed by atoms with Gasteiger partial charge < -0.3 is 20.3 Å². The fourth-order valence-electron chi connectivity index (χ4n) is 12.6. The average molecular weight is 722 g/mol. The molecule has 3 heterocycles. The van der Waals surface area contributed by atoms with Crippen molar-refractivity contribution in [1.29, 1.82) is 0 Å². The molecule has 0 unspecified atom stereocenters. The SMILES string of the molecule is CC(C)[C@@H](C)[C@@]1(C)CC[C@]2(C)[C@H]3CC[C@@H]4[C@@]5(COC[C@@]4(C)[C@@H](OC[C@](C)(N)C(C)C)[C@H](n4ncnc4-c4cscn4)C5)C3=CC[C@@]2(C)[C@@H]1C(=O)O. The molecule has 1 aliphatic heterocycles. The minimum absolute atomic E-state index is 0.105. The smallest absolute Gasteiger partial charge is 0.307 e. The van der Waals surface area contributed by atoms with Gasteiger partial charge in [0.2, 0.25) is 0 Å². The number of carboxylic acid groups (broad SMARTS) is 1. The molecule has 51 heavy (non-hydrogen) atoms. The molecule has 0 radical (unpaired) electrons. The molecule has 0 aromatic carbocycles. The van der Waals surface area contributed by atoms with E-state index in [0.29, 0.717) is 43.5 Å². The lowest BCUT2D eigenvalue weighted by Crippen LogP contribution is -2.69. The van der Waals surface area contributed by atoms with Gasteiger partial charge >= 0.3 is 5.97 Å². The number of aliphatic carboxylic acids is 1. The van der Waals surface area contributed by atoms with E-state index in [4.69, 9.17) is 25.3 Å². The number of ether oxygens (including phenoxy) is 2. The highest BCUT2D eigenvalue weighted by Crippen LogP contribution is 2.75. The Balaban J connectivity index is 1.35. The van der Waals surface area contributed by atoms with Gasteiger partial charge in [-0.2, -0.15) is 5.10 Å². The quantitative estimate of drug-likeness (QED) is 0.248. The summed E-state index contributed by atoms with van der Waals surface area (Å²) in [6.45, 7) is 24.4. The Bertz CT molecular complexity index is 1650. The van der Waals surface area contributed by atoms with Crippen molar-refractivity contribution in [2.24, 2.45) is 68.3 Å². The van der Waals surface area contributed by atoms with E-state index in [2.05, 4.69) is 85.0 Å². The number of rotatable bonds is 9. The average Bonchev–Trinajstić information content (AvgIpc) is 3.76. The van der Waals surface area contributed by atoms with Gasteiger partial charge in [-0.1, -0.05) is 74.0 Å². The second-order valence-corrected chi connectivity index (χ2v) is 20.1. The number of carbonyl (C=O) groups is 1. The summed E-state index contributed by atoms with van der Waals surface area (Å²) in [5.41, 5.74) is 9.27. The first-order valence-electron chi connectivity index (χ1n) is 19.6. The molecule has 5 aliphatic rings. The third kappa shape index (κ3) is 5.22. The van der Waals surface area contributed by atoms with E-state index in [9.17, 15) is 9.90 Å². The van der Waals surface area contributed by atoms with E-state index in [1.807, 2.05) is 10.9 Å². The van der Waals surface area contributed by atoms with Crippen LogP contribution in [-0.4, -0.2) is 62.3 Å². The van der Waals surface area contributed by atoms with Crippen molar-refractivity contribution in [3.8, 4) is 11.5 Å². The molecule has 0 amide bonds. The van der Waals surface area contributed by atoms with Crippen LogP contribution in [0.4, 0.5) is 0 Å². The van der Waals surface area contributed by atoms with Crippen LogP contribution in [-0.2, 0) is 14.3 Å². The highest BCUT2D eigenvalue weighted by atomic mass is 32.1. The van der Waals surface area contributed by atoms with Crippen molar-refractivity contribution in [3.63, 3.8) is 0 Å². The van der Waals surface area contributed by atoms with Gasteiger partial charge in [0.25, 0.3) is 0 Å². The number of hydrogen-bond acceptors (Lipinski definition) is 8. The number of hydrogen-bond donors (Lipinski definition) is 2. The van der Waals surface area contributed by atoms with Crippen molar-refractivity contribution in [2.45, 2.75) is 125 Å². The van der Waals surface area contributed by atoms with E-state index >= 15 is 0 Å². The minimum Gasteiger partial charge on any atom is -0.481 e. The summed E-state index contributed by atoms with van der Waals surface area (Å²) in [5.74, 6) is 1.36. The Morgan fingerprint density at radius 2 is 1.86 bits per heavy atom. The van der Waals surface area contributed by atoms with Crippen LogP contribution >= 0.6 is 11.3 Å². The molecule has 0 spiro atoms. The summed E-state index contributed by atoms with van der Waals surface area (Å²) >= 11 is 1.56. The summed E-state index contributed by atoms with van der Waals surface area (Å²) in [6.07, 6.45) is 9.69. The summed E-state index contributed by atoms with van der Waals surface area (Å²) in [5, 5.41) is 18.1. The number of thiazole rings is 1. The van der Waals surface area contributed by atoms with Gasteiger partial charge in [0.15, 0.2) is 5.82 Å². The Hall–Kier alpha value is -2.14. The Morgan fingerprint density at radius 3 is 2.51 bits per heavy atom. The molecule has 4 aliphatic carbocycles. The number of fused-ring (bicyclic) bond motifs is 3. The third-order valence-electron chi connectivity index (χ3n) is 16.5. The van der Waals surface area contributed by atoms with Crippen LogP contribution in [0.5, 0.6) is 0 Å². The molecule has 2 aromatic heterocycles. The first-order chi connectivity index (χ1) is 23.9. The Kier molecular flexibility index (Phi) is 9.08. The second-order valence-electron chi connectivity index (χ2n) is 19.4. The van der Waals surface area contributed by atoms with Gasteiger partial charge in [-0.25, -0.2) is 14.6 Å². The van der Waals surface area contributed by atoms with Crippen LogP contribution in [0.1, 0.15) is 114 Å². The number of aromatic nitrogens is 4. The van der Waals surface area contributed by atoms with Gasteiger partial charge in [0.05, 0.1) is 43.4 Å². The molecular weight excluding hydrogens is 659 g/mol. The van der Waals surface area contributed by atoms with Crippen LogP contribution in [0.2, 0.25) is 0 Å². The molecule has 12 atom stereocenters. The van der Waals surface area contributed by atoms with Crippen molar-refractivity contribution < 1.29 is 19.4 Å². The van der Waals surface area contributed by atoms with E-state index in [1.54, 1.807) is 17.7 Å². The fraction of sp³-hybridized carbons (Fsp3) is 0.805. The van der Waals surface area contributed by atoms with E-state index in [0.717, 1.165) is 50.0 Å². The van der Waals surface area contributed by atoms with Gasteiger partial charge in [-0.3, -0.25) is 4.79 Å². The normalized spacial score (nSPS) is 42.4. The highest BCUT2D eigenvalue weighted by molar-refractivity contribution is 7.07. The Morgan fingerprint density at radius 1 is 1.12 bits per heavy atom.